The van der Waals surface area contributed by atoms with Gasteiger partial charge in [0, 0.05) is 20.5 Å². The van der Waals surface area contributed by atoms with Crippen LogP contribution < -0.4 is 11.2 Å². The van der Waals surface area contributed by atoms with Crippen molar-refractivity contribution in [3.63, 3.8) is 0 Å². The lowest BCUT2D eigenvalue weighted by Gasteiger charge is -2.02. The molecule has 0 aromatic carbocycles. The van der Waals surface area contributed by atoms with Gasteiger partial charge < -0.3 is 5.21 Å². The van der Waals surface area contributed by atoms with Crippen LogP contribution in [0.5, 0.6) is 0 Å². The molecule has 0 amide bonds. The first kappa shape index (κ1) is 11.2. The molecule has 0 aliphatic heterocycles. The van der Waals surface area contributed by atoms with Crippen molar-refractivity contribution < 1.29 is 5.21 Å². The summed E-state index contributed by atoms with van der Waals surface area (Å²) >= 11 is 0. The molecular formula is C10H12N4O3. The van der Waals surface area contributed by atoms with E-state index >= 15 is 0 Å². The van der Waals surface area contributed by atoms with E-state index in [2.05, 4.69) is 11.6 Å². The monoisotopic (exact) mass is 236 g/mol. The van der Waals surface area contributed by atoms with Crippen LogP contribution in [-0.4, -0.2) is 24.1 Å². The Morgan fingerprint density at radius 1 is 1.35 bits per heavy atom. The molecule has 2 aromatic heterocycles. The van der Waals surface area contributed by atoms with Crippen LogP contribution in [0, 0.1) is 0 Å². The largest absolute Gasteiger partial charge is 0.426 e. The average molecular weight is 236 g/mol. The summed E-state index contributed by atoms with van der Waals surface area (Å²) in [5, 5.41) is 9.82. The smallest absolute Gasteiger partial charge is 0.332 e. The molecule has 1 N–H and O–H groups in total. The third kappa shape index (κ3) is 1.39. The van der Waals surface area contributed by atoms with E-state index in [1.54, 1.807) is 6.08 Å². The lowest BCUT2D eigenvalue weighted by molar-refractivity contribution is 0.188. The third-order valence-electron chi connectivity index (χ3n) is 2.63. The van der Waals surface area contributed by atoms with Crippen LogP contribution >= 0.6 is 0 Å². The molecule has 0 saturated carbocycles. The average Bonchev–Trinajstić information content (AvgIpc) is 2.62. The highest BCUT2D eigenvalue weighted by Crippen LogP contribution is 2.08. The van der Waals surface area contributed by atoms with Gasteiger partial charge in [-0.3, -0.25) is 13.9 Å². The van der Waals surface area contributed by atoms with Gasteiger partial charge in [0.15, 0.2) is 17.0 Å². The highest BCUT2D eigenvalue weighted by atomic mass is 16.5. The molecule has 90 valence electrons. The molecule has 0 unspecified atom stereocenters. The highest BCUT2D eigenvalue weighted by Gasteiger charge is 2.17. The van der Waals surface area contributed by atoms with Gasteiger partial charge in [-0.1, -0.05) is 6.08 Å². The number of allylic oxidation sites excluding steroid dienone is 1. The molecule has 2 rings (SSSR count). The van der Waals surface area contributed by atoms with Gasteiger partial charge in [-0.2, -0.15) is 4.73 Å². The Hall–Kier alpha value is -2.31. The molecule has 0 atom stereocenters. The highest BCUT2D eigenvalue weighted by molar-refractivity contribution is 5.70. The van der Waals surface area contributed by atoms with Crippen LogP contribution in [0.2, 0.25) is 0 Å². The summed E-state index contributed by atoms with van der Waals surface area (Å²) in [6.45, 7) is 3.53. The summed E-state index contributed by atoms with van der Waals surface area (Å²) in [7, 11) is 2.85. The summed E-state index contributed by atoms with van der Waals surface area (Å²) in [5.41, 5.74) is -0.900. The van der Waals surface area contributed by atoms with Crippen molar-refractivity contribution in [2.24, 2.45) is 14.1 Å². The number of imidazole rings is 1. The fourth-order valence-corrected chi connectivity index (χ4v) is 1.69. The molecule has 2 heterocycles. The number of nitrogens with zero attached hydrogens (tertiary/aromatic N) is 4. The van der Waals surface area contributed by atoms with E-state index in [4.69, 9.17) is 0 Å². The SMILES string of the molecule is C=CCc1nc2c(c(=O)n(C)c(=O)n2C)n1O. The fourth-order valence-electron chi connectivity index (χ4n) is 1.69. The van der Waals surface area contributed by atoms with Gasteiger partial charge in [-0.15, -0.1) is 6.58 Å². The molecule has 2 aromatic rings. The van der Waals surface area contributed by atoms with E-state index in [1.807, 2.05) is 0 Å². The van der Waals surface area contributed by atoms with Crippen molar-refractivity contribution in [3.8, 4) is 0 Å². The number of aryl methyl sites for hydroxylation is 1. The predicted octanol–water partition coefficient (Wildman–Crippen LogP) is -0.601. The van der Waals surface area contributed by atoms with Crippen molar-refractivity contribution in [2.75, 3.05) is 0 Å². The van der Waals surface area contributed by atoms with Crippen LogP contribution in [-0.2, 0) is 20.5 Å². The van der Waals surface area contributed by atoms with Gasteiger partial charge in [0.2, 0.25) is 0 Å². The maximum Gasteiger partial charge on any atom is 0.332 e. The number of rotatable bonds is 2. The lowest BCUT2D eigenvalue weighted by atomic mass is 10.4. The summed E-state index contributed by atoms with van der Waals surface area (Å²) < 4.78 is 2.85. The van der Waals surface area contributed by atoms with Crippen molar-refractivity contribution in [1.29, 1.82) is 0 Å². The topological polar surface area (TPSA) is 82.0 Å². The first-order valence-corrected chi connectivity index (χ1v) is 4.96. The summed E-state index contributed by atoms with van der Waals surface area (Å²) in [6, 6.07) is 0. The van der Waals surface area contributed by atoms with Crippen LogP contribution in [0.4, 0.5) is 0 Å². The second kappa shape index (κ2) is 3.62. The van der Waals surface area contributed by atoms with Crippen LogP contribution in [0.25, 0.3) is 11.2 Å². The van der Waals surface area contributed by atoms with E-state index in [1.165, 1.54) is 18.7 Å². The Morgan fingerprint density at radius 2 is 2.00 bits per heavy atom. The van der Waals surface area contributed by atoms with Gasteiger partial charge in [-0.25, -0.2) is 9.78 Å². The Bertz CT molecular complexity index is 720. The Kier molecular flexibility index (Phi) is 2.38. The second-order valence-electron chi connectivity index (χ2n) is 3.71. The third-order valence-corrected chi connectivity index (χ3v) is 2.63. The summed E-state index contributed by atoms with van der Waals surface area (Å²) in [4.78, 5) is 27.6. The molecule has 0 fully saturated rings. The van der Waals surface area contributed by atoms with Crippen molar-refractivity contribution >= 4 is 11.2 Å². The maximum absolute atomic E-state index is 11.8. The standard InChI is InChI=1S/C10H12N4O3/c1-4-5-6-11-8-7(14(6)17)9(15)13(3)10(16)12(8)2/h4,17H,1,5H2,2-3H3. The summed E-state index contributed by atoms with van der Waals surface area (Å²) in [5.74, 6) is 0.272. The molecule has 0 aliphatic rings. The lowest BCUT2D eigenvalue weighted by Crippen LogP contribution is -2.37. The van der Waals surface area contributed by atoms with Gasteiger partial charge in [-0.05, 0) is 0 Å². The Labute approximate surface area is 95.8 Å². The van der Waals surface area contributed by atoms with E-state index in [-0.39, 0.29) is 17.0 Å². The first-order chi connectivity index (χ1) is 7.99. The van der Waals surface area contributed by atoms with Gasteiger partial charge in [0.25, 0.3) is 5.56 Å². The van der Waals surface area contributed by atoms with E-state index < -0.39 is 11.2 Å². The zero-order valence-electron chi connectivity index (χ0n) is 9.54. The molecule has 0 aliphatic carbocycles. The number of hydrogen-bond acceptors (Lipinski definition) is 4. The molecule has 0 spiro atoms. The number of hydrogen-bond donors (Lipinski definition) is 1. The molecule has 0 saturated heterocycles. The van der Waals surface area contributed by atoms with Crippen molar-refractivity contribution in [2.45, 2.75) is 6.42 Å². The molecule has 17 heavy (non-hydrogen) atoms. The van der Waals surface area contributed by atoms with Gasteiger partial charge in [0.1, 0.15) is 0 Å². The molecule has 0 bridgehead atoms. The minimum Gasteiger partial charge on any atom is -0.426 e. The molecule has 0 radical (unpaired) electrons. The van der Waals surface area contributed by atoms with Crippen LogP contribution in [0.15, 0.2) is 22.2 Å². The van der Waals surface area contributed by atoms with E-state index in [0.29, 0.717) is 11.2 Å². The zero-order chi connectivity index (χ0) is 12.7. The van der Waals surface area contributed by atoms with Gasteiger partial charge >= 0.3 is 5.69 Å². The summed E-state index contributed by atoms with van der Waals surface area (Å²) in [6.07, 6.45) is 1.86. The molecular weight excluding hydrogens is 224 g/mol. The Morgan fingerprint density at radius 3 is 2.59 bits per heavy atom. The zero-order valence-corrected chi connectivity index (χ0v) is 9.54. The van der Waals surface area contributed by atoms with E-state index in [9.17, 15) is 14.8 Å². The van der Waals surface area contributed by atoms with Crippen molar-refractivity contribution in [1.82, 2.24) is 18.8 Å². The number of fused-ring (bicyclic) bond motifs is 1. The quantitative estimate of drug-likeness (QED) is 0.557. The van der Waals surface area contributed by atoms with E-state index in [0.717, 1.165) is 4.57 Å². The predicted molar refractivity (Wildman–Crippen MR) is 61.3 cm³/mol. The second-order valence-corrected chi connectivity index (χ2v) is 3.71. The normalized spacial score (nSPS) is 10.9. The minimum atomic E-state index is -0.576. The van der Waals surface area contributed by atoms with Crippen LogP contribution in [0.3, 0.4) is 0 Å². The minimum absolute atomic E-state index is 0.00792. The van der Waals surface area contributed by atoms with Crippen molar-refractivity contribution in [3.05, 3.63) is 39.3 Å². The maximum atomic E-state index is 11.8. The molecule has 7 heteroatoms. The first-order valence-electron chi connectivity index (χ1n) is 4.96. The fraction of sp³-hybridized carbons (Fsp3) is 0.300. The van der Waals surface area contributed by atoms with Gasteiger partial charge in [0.05, 0.1) is 0 Å². The Balaban J connectivity index is 3.02. The van der Waals surface area contributed by atoms with Crippen LogP contribution in [0.1, 0.15) is 5.82 Å². The number of aromatic nitrogens is 4. The molecule has 7 nitrogen and oxygen atoms in total.